The molecule has 6 nitrogen and oxygen atoms in total. The van der Waals surface area contributed by atoms with Gasteiger partial charge in [-0.3, -0.25) is 0 Å². The summed E-state index contributed by atoms with van der Waals surface area (Å²) in [7, 11) is 0. The zero-order valence-electron chi connectivity index (χ0n) is 39.4. The van der Waals surface area contributed by atoms with Crippen molar-refractivity contribution in [1.82, 2.24) is 28.7 Å². The van der Waals surface area contributed by atoms with E-state index in [2.05, 4.69) is 125 Å². The smallest absolute Gasteiger partial charge is 0.141 e. The van der Waals surface area contributed by atoms with Crippen LogP contribution in [0.2, 0.25) is 0 Å². The summed E-state index contributed by atoms with van der Waals surface area (Å²) in [5.74, 6) is 3.12. The molecule has 0 saturated carbocycles. The van der Waals surface area contributed by atoms with Gasteiger partial charge in [-0.05, 0) is 73.9 Å². The summed E-state index contributed by atoms with van der Waals surface area (Å²) in [4.78, 5) is 16.3. The van der Waals surface area contributed by atoms with E-state index in [1.807, 2.05) is 0 Å². The molecule has 3 aromatic heterocycles. The van der Waals surface area contributed by atoms with E-state index >= 15 is 0 Å². The Kier molecular flexibility index (Phi) is 18.3. The zero-order valence-corrected chi connectivity index (χ0v) is 39.4. The Morgan fingerprint density at radius 2 is 0.540 bits per heavy atom. The van der Waals surface area contributed by atoms with Crippen LogP contribution in [0.15, 0.2) is 91.0 Å². The van der Waals surface area contributed by atoms with Crippen molar-refractivity contribution in [2.45, 2.75) is 195 Å². The average Bonchev–Trinajstić information content (AvgIpc) is 4.00. The van der Waals surface area contributed by atoms with Crippen LogP contribution in [0.3, 0.4) is 0 Å². The van der Waals surface area contributed by atoms with E-state index in [-0.39, 0.29) is 0 Å². The molecule has 4 aromatic carbocycles. The lowest BCUT2D eigenvalue weighted by molar-refractivity contribution is 0.549. The van der Waals surface area contributed by atoms with Gasteiger partial charge in [-0.2, -0.15) is 0 Å². The first kappa shape index (κ1) is 46.3. The fourth-order valence-electron chi connectivity index (χ4n) is 9.79. The van der Waals surface area contributed by atoms with Crippen LogP contribution in [-0.2, 0) is 19.6 Å². The summed E-state index contributed by atoms with van der Waals surface area (Å²) >= 11 is 0. The second kappa shape index (κ2) is 25.0. The van der Waals surface area contributed by atoms with Gasteiger partial charge in [0.25, 0.3) is 0 Å². The Hall–Kier alpha value is -4.71. The third-order valence-corrected chi connectivity index (χ3v) is 13.4. The lowest BCUT2D eigenvalue weighted by Gasteiger charge is -2.15. The molecule has 0 unspecified atom stereocenters. The molecule has 0 spiro atoms. The molecule has 0 saturated heterocycles. The fourth-order valence-corrected chi connectivity index (χ4v) is 9.79. The van der Waals surface area contributed by atoms with Crippen molar-refractivity contribution in [3.8, 4) is 34.2 Å². The Bertz CT molecular complexity index is 2130. The number of rotatable bonds is 30. The average molecular weight is 847 g/mol. The Morgan fingerprint density at radius 1 is 0.302 bits per heavy atom. The number of benzene rings is 4. The van der Waals surface area contributed by atoms with Crippen LogP contribution < -0.4 is 0 Å². The molecule has 0 atom stereocenters. The number of unbranched alkanes of at least 4 members (excludes halogenated alkanes) is 21. The van der Waals surface area contributed by atoms with Gasteiger partial charge < -0.3 is 13.7 Å². The molecule has 0 bridgehead atoms. The van der Waals surface area contributed by atoms with Crippen molar-refractivity contribution in [3.05, 3.63) is 91.0 Å². The van der Waals surface area contributed by atoms with Crippen molar-refractivity contribution < 1.29 is 0 Å². The van der Waals surface area contributed by atoms with Crippen molar-refractivity contribution in [2.24, 2.45) is 0 Å². The van der Waals surface area contributed by atoms with Gasteiger partial charge >= 0.3 is 0 Å². The van der Waals surface area contributed by atoms with Gasteiger partial charge in [0.15, 0.2) is 0 Å². The molecule has 0 amide bonds. The van der Waals surface area contributed by atoms with Gasteiger partial charge in [-0.1, -0.05) is 192 Å². The predicted octanol–water partition coefficient (Wildman–Crippen LogP) is 17.2. The molecule has 3 heterocycles. The standard InChI is InChI=1S/C57H78N6/c1-4-7-10-13-16-19-22-31-40-61-52-37-28-25-34-49(52)58-55(61)46-43-47(56-59-50-35-26-29-38-53(50)62(56)41-32-23-20-17-14-11-8-5-2)45-48(44-46)57-60-51-36-27-30-39-54(51)63(57)42-33-24-21-18-15-12-9-6-3/h25-30,34-39,43-45H,4-24,31-33,40-42H2,1-3H3. The summed E-state index contributed by atoms with van der Waals surface area (Å²) in [5.41, 5.74) is 10.2. The first-order valence-corrected chi connectivity index (χ1v) is 25.7. The van der Waals surface area contributed by atoms with Crippen LogP contribution in [-0.4, -0.2) is 28.7 Å². The highest BCUT2D eigenvalue weighted by Crippen LogP contribution is 2.37. The number of imidazole rings is 3. The summed E-state index contributed by atoms with van der Waals surface area (Å²) in [6.45, 7) is 9.77. The predicted molar refractivity (Wildman–Crippen MR) is 270 cm³/mol. The van der Waals surface area contributed by atoms with Gasteiger partial charge in [0.2, 0.25) is 0 Å². The van der Waals surface area contributed by atoms with E-state index in [1.165, 1.54) is 151 Å². The Morgan fingerprint density at radius 3 is 0.810 bits per heavy atom. The lowest BCUT2D eigenvalue weighted by Crippen LogP contribution is -2.05. The zero-order chi connectivity index (χ0) is 43.5. The van der Waals surface area contributed by atoms with E-state index in [9.17, 15) is 0 Å². The molecular formula is C57H78N6. The summed E-state index contributed by atoms with van der Waals surface area (Å²) < 4.78 is 7.51. The highest BCUT2D eigenvalue weighted by Gasteiger charge is 2.21. The monoisotopic (exact) mass is 847 g/mol. The van der Waals surface area contributed by atoms with E-state index < -0.39 is 0 Å². The SMILES string of the molecule is CCCCCCCCCCn1c(-c2cc(-c3nc4ccccc4n3CCCCCCCCCC)cc(-c3nc4ccccc4n3CCCCCCCCCC)c2)nc2ccccc21. The van der Waals surface area contributed by atoms with E-state index in [1.54, 1.807) is 0 Å². The number of hydrogen-bond acceptors (Lipinski definition) is 3. The molecule has 0 aliphatic carbocycles. The van der Waals surface area contributed by atoms with Crippen LogP contribution >= 0.6 is 0 Å². The topological polar surface area (TPSA) is 53.5 Å². The number of para-hydroxylation sites is 6. The number of hydrogen-bond donors (Lipinski definition) is 0. The maximum atomic E-state index is 5.43. The second-order valence-corrected chi connectivity index (χ2v) is 18.5. The number of aromatic nitrogens is 6. The largest absolute Gasteiger partial charge is 0.324 e. The van der Waals surface area contributed by atoms with Gasteiger partial charge in [0.05, 0.1) is 33.1 Å². The molecule has 0 N–H and O–H groups in total. The summed E-state index contributed by atoms with van der Waals surface area (Å²) in [5, 5.41) is 0. The Balaban J connectivity index is 1.26. The first-order valence-electron chi connectivity index (χ1n) is 25.7. The summed E-state index contributed by atoms with van der Waals surface area (Å²) in [6, 6.07) is 33.3. The van der Waals surface area contributed by atoms with Crippen LogP contribution in [0.5, 0.6) is 0 Å². The van der Waals surface area contributed by atoms with Crippen LogP contribution in [0.1, 0.15) is 175 Å². The van der Waals surface area contributed by atoms with Crippen molar-refractivity contribution in [3.63, 3.8) is 0 Å². The second-order valence-electron chi connectivity index (χ2n) is 18.5. The third-order valence-electron chi connectivity index (χ3n) is 13.4. The Labute approximate surface area is 380 Å². The van der Waals surface area contributed by atoms with Gasteiger partial charge in [-0.25, -0.2) is 15.0 Å². The molecule has 63 heavy (non-hydrogen) atoms. The van der Waals surface area contributed by atoms with Gasteiger partial charge in [0, 0.05) is 36.3 Å². The van der Waals surface area contributed by atoms with Crippen LogP contribution in [0.25, 0.3) is 67.3 Å². The fraction of sp³-hybridized carbons (Fsp3) is 0.526. The van der Waals surface area contributed by atoms with E-state index in [0.29, 0.717) is 0 Å². The minimum atomic E-state index is 0.957. The van der Waals surface area contributed by atoms with Crippen LogP contribution in [0.4, 0.5) is 0 Å². The maximum Gasteiger partial charge on any atom is 0.141 e. The molecular weight excluding hydrogens is 769 g/mol. The number of aryl methyl sites for hydroxylation is 3. The third kappa shape index (κ3) is 12.5. The molecule has 336 valence electrons. The number of fused-ring (bicyclic) bond motifs is 3. The van der Waals surface area contributed by atoms with E-state index in [4.69, 9.17) is 15.0 Å². The van der Waals surface area contributed by atoms with Crippen molar-refractivity contribution >= 4 is 33.1 Å². The normalized spacial score (nSPS) is 11.9. The first-order chi connectivity index (χ1) is 31.2. The molecule has 0 fully saturated rings. The number of nitrogens with zero attached hydrogens (tertiary/aromatic N) is 6. The van der Waals surface area contributed by atoms with Crippen LogP contribution in [0, 0.1) is 0 Å². The van der Waals surface area contributed by atoms with Gasteiger partial charge in [-0.15, -0.1) is 0 Å². The molecule has 0 radical (unpaired) electrons. The highest BCUT2D eigenvalue weighted by molar-refractivity contribution is 5.87. The van der Waals surface area contributed by atoms with Crippen molar-refractivity contribution in [2.75, 3.05) is 0 Å². The van der Waals surface area contributed by atoms with E-state index in [0.717, 1.165) is 89.6 Å². The minimum absolute atomic E-state index is 0.957. The van der Waals surface area contributed by atoms with Crippen molar-refractivity contribution in [1.29, 1.82) is 0 Å². The minimum Gasteiger partial charge on any atom is -0.324 e. The molecule has 7 rings (SSSR count). The molecule has 7 aromatic rings. The maximum absolute atomic E-state index is 5.43. The quantitative estimate of drug-likeness (QED) is 0.0424. The molecule has 6 heteroatoms. The molecule has 0 aliphatic heterocycles. The molecule has 0 aliphatic rings. The summed E-state index contributed by atoms with van der Waals surface area (Å²) in [6.07, 6.45) is 31.2. The highest BCUT2D eigenvalue weighted by atomic mass is 15.1. The lowest BCUT2D eigenvalue weighted by atomic mass is 10.0. The van der Waals surface area contributed by atoms with Gasteiger partial charge in [0.1, 0.15) is 17.5 Å².